The fourth-order valence-corrected chi connectivity index (χ4v) is 6.10. The summed E-state index contributed by atoms with van der Waals surface area (Å²) in [6.07, 6.45) is 1.29. The Balaban J connectivity index is 1.75. The van der Waals surface area contributed by atoms with Gasteiger partial charge in [-0.25, -0.2) is 8.42 Å². The minimum absolute atomic E-state index is 0.0212. The number of nitrogens with zero attached hydrogens (tertiary/aromatic N) is 2. The molecule has 24 heavy (non-hydrogen) atoms. The van der Waals surface area contributed by atoms with Gasteiger partial charge in [-0.15, -0.1) is 11.3 Å². The molecule has 0 spiro atoms. The van der Waals surface area contributed by atoms with Gasteiger partial charge in [-0.1, -0.05) is 18.2 Å². The van der Waals surface area contributed by atoms with Crippen LogP contribution in [0.15, 0.2) is 34.5 Å². The molecular formula is C16H20N2O4S2. The van der Waals surface area contributed by atoms with Crippen LogP contribution in [-0.2, 0) is 14.8 Å². The van der Waals surface area contributed by atoms with Crippen LogP contribution in [0.5, 0.6) is 0 Å². The standard InChI is InChI=1S/C16H20N2O4S2/c1-17(10-16(19)20)12-6-8-18(9-7-12)24(21,22)15-11-23-14-5-3-2-4-13(14)15/h2-5,11-12H,6-10H2,1H3,(H,19,20). The first-order chi connectivity index (χ1) is 11.4. The summed E-state index contributed by atoms with van der Waals surface area (Å²) in [6, 6.07) is 7.62. The summed E-state index contributed by atoms with van der Waals surface area (Å²) in [4.78, 5) is 13.0. The number of hydrogen-bond donors (Lipinski definition) is 1. The van der Waals surface area contributed by atoms with Crippen LogP contribution in [0.4, 0.5) is 0 Å². The minimum Gasteiger partial charge on any atom is -0.480 e. The molecule has 0 saturated carbocycles. The molecular weight excluding hydrogens is 348 g/mol. The van der Waals surface area contributed by atoms with E-state index in [0.29, 0.717) is 30.8 Å². The molecule has 0 radical (unpaired) electrons. The van der Waals surface area contributed by atoms with E-state index >= 15 is 0 Å². The molecule has 130 valence electrons. The van der Waals surface area contributed by atoms with E-state index < -0.39 is 16.0 Å². The summed E-state index contributed by atoms with van der Waals surface area (Å²) in [5.41, 5.74) is 0. The van der Waals surface area contributed by atoms with Crippen molar-refractivity contribution in [1.82, 2.24) is 9.21 Å². The van der Waals surface area contributed by atoms with Crippen molar-refractivity contribution in [3.05, 3.63) is 29.6 Å². The summed E-state index contributed by atoms with van der Waals surface area (Å²) in [5.74, 6) is -0.864. The highest BCUT2D eigenvalue weighted by molar-refractivity contribution is 7.89. The van der Waals surface area contributed by atoms with Crippen LogP contribution in [-0.4, -0.2) is 61.4 Å². The average Bonchev–Trinajstić information content (AvgIpc) is 2.99. The molecule has 1 aromatic heterocycles. The number of sulfonamides is 1. The fourth-order valence-electron chi connectivity index (χ4n) is 3.16. The summed E-state index contributed by atoms with van der Waals surface area (Å²) in [5, 5.41) is 11.4. The van der Waals surface area contributed by atoms with E-state index in [1.165, 1.54) is 15.6 Å². The van der Waals surface area contributed by atoms with Gasteiger partial charge in [0.25, 0.3) is 0 Å². The Morgan fingerprint density at radius 1 is 1.33 bits per heavy atom. The van der Waals surface area contributed by atoms with Gasteiger partial charge in [0.1, 0.15) is 4.90 Å². The smallest absolute Gasteiger partial charge is 0.317 e. The van der Waals surface area contributed by atoms with Crippen molar-refractivity contribution >= 4 is 37.4 Å². The third-order valence-corrected chi connectivity index (χ3v) is 7.55. The van der Waals surface area contributed by atoms with Crippen LogP contribution in [0.1, 0.15) is 12.8 Å². The Hall–Kier alpha value is -1.48. The zero-order valence-corrected chi connectivity index (χ0v) is 15.0. The van der Waals surface area contributed by atoms with E-state index in [9.17, 15) is 13.2 Å². The van der Waals surface area contributed by atoms with Gasteiger partial charge in [0.2, 0.25) is 10.0 Å². The second kappa shape index (κ2) is 6.79. The second-order valence-corrected chi connectivity index (χ2v) is 8.86. The lowest BCUT2D eigenvalue weighted by atomic mass is 10.1. The van der Waals surface area contributed by atoms with E-state index in [1.807, 2.05) is 24.3 Å². The number of thiophene rings is 1. The molecule has 3 rings (SSSR count). The van der Waals surface area contributed by atoms with Gasteiger partial charge in [-0.05, 0) is 26.0 Å². The Kier molecular flexibility index (Phi) is 4.91. The summed E-state index contributed by atoms with van der Waals surface area (Å²) in [6.45, 7) is 0.814. The maximum Gasteiger partial charge on any atom is 0.317 e. The van der Waals surface area contributed by atoms with Crippen LogP contribution in [0.2, 0.25) is 0 Å². The number of fused-ring (bicyclic) bond motifs is 1. The summed E-state index contributed by atoms with van der Waals surface area (Å²) >= 11 is 1.44. The quantitative estimate of drug-likeness (QED) is 0.874. The molecule has 1 fully saturated rings. The second-order valence-electron chi connectivity index (χ2n) is 6.04. The number of piperidine rings is 1. The highest BCUT2D eigenvalue weighted by atomic mass is 32.2. The van der Waals surface area contributed by atoms with E-state index in [2.05, 4.69) is 0 Å². The van der Waals surface area contributed by atoms with Crippen LogP contribution in [0.3, 0.4) is 0 Å². The topological polar surface area (TPSA) is 77.9 Å². The highest BCUT2D eigenvalue weighted by Crippen LogP contribution is 2.32. The third-order valence-electron chi connectivity index (χ3n) is 4.49. The predicted molar refractivity (Wildman–Crippen MR) is 93.9 cm³/mol. The molecule has 0 bridgehead atoms. The molecule has 0 atom stereocenters. The molecule has 1 aliphatic heterocycles. The molecule has 1 aromatic carbocycles. The number of benzene rings is 1. The minimum atomic E-state index is -3.51. The molecule has 2 heterocycles. The van der Waals surface area contributed by atoms with Crippen molar-refractivity contribution < 1.29 is 18.3 Å². The lowest BCUT2D eigenvalue weighted by molar-refractivity contribution is -0.138. The average molecular weight is 368 g/mol. The fraction of sp³-hybridized carbons (Fsp3) is 0.438. The van der Waals surface area contributed by atoms with Gasteiger partial charge in [0, 0.05) is 34.6 Å². The molecule has 2 aromatic rings. The lowest BCUT2D eigenvalue weighted by Gasteiger charge is -2.35. The Labute approximate surface area is 145 Å². The number of carboxylic acids is 1. The highest BCUT2D eigenvalue weighted by Gasteiger charge is 2.32. The zero-order valence-electron chi connectivity index (χ0n) is 13.4. The maximum atomic E-state index is 12.9. The SMILES string of the molecule is CN(CC(=O)O)C1CCN(S(=O)(=O)c2csc3ccccc23)CC1. The Bertz CT molecular complexity index is 839. The van der Waals surface area contributed by atoms with Crippen LogP contribution in [0.25, 0.3) is 10.1 Å². The van der Waals surface area contributed by atoms with Gasteiger partial charge in [-0.3, -0.25) is 9.69 Å². The van der Waals surface area contributed by atoms with Crippen molar-refractivity contribution in [1.29, 1.82) is 0 Å². The molecule has 0 amide bonds. The van der Waals surface area contributed by atoms with Gasteiger partial charge < -0.3 is 5.11 Å². The molecule has 8 heteroatoms. The van der Waals surface area contributed by atoms with E-state index in [1.54, 1.807) is 17.3 Å². The van der Waals surface area contributed by atoms with Gasteiger partial charge in [0.15, 0.2) is 0 Å². The van der Waals surface area contributed by atoms with Crippen molar-refractivity contribution in [3.63, 3.8) is 0 Å². The maximum absolute atomic E-state index is 12.9. The van der Waals surface area contributed by atoms with Crippen molar-refractivity contribution in [3.8, 4) is 0 Å². The Morgan fingerprint density at radius 2 is 2.00 bits per heavy atom. The molecule has 1 saturated heterocycles. The first-order valence-electron chi connectivity index (χ1n) is 7.78. The van der Waals surface area contributed by atoms with Gasteiger partial charge in [0.05, 0.1) is 6.54 Å². The monoisotopic (exact) mass is 368 g/mol. The van der Waals surface area contributed by atoms with Crippen LogP contribution in [0, 0.1) is 0 Å². The number of carboxylic acid groups (broad SMARTS) is 1. The third kappa shape index (κ3) is 3.32. The number of hydrogen-bond acceptors (Lipinski definition) is 5. The van der Waals surface area contributed by atoms with Crippen molar-refractivity contribution in [2.75, 3.05) is 26.7 Å². The van der Waals surface area contributed by atoms with Crippen LogP contribution < -0.4 is 0 Å². The summed E-state index contributed by atoms with van der Waals surface area (Å²) < 4.78 is 28.4. The van der Waals surface area contributed by atoms with Gasteiger partial charge in [-0.2, -0.15) is 4.31 Å². The van der Waals surface area contributed by atoms with Crippen LogP contribution >= 0.6 is 11.3 Å². The number of carbonyl (C=O) groups is 1. The first-order valence-corrected chi connectivity index (χ1v) is 10.1. The molecule has 1 N–H and O–H groups in total. The number of likely N-dealkylation sites (N-methyl/N-ethyl adjacent to an activating group) is 1. The molecule has 0 aliphatic carbocycles. The first kappa shape index (κ1) is 17.3. The molecule has 6 nitrogen and oxygen atoms in total. The van der Waals surface area contributed by atoms with Crippen molar-refractivity contribution in [2.24, 2.45) is 0 Å². The Morgan fingerprint density at radius 3 is 2.67 bits per heavy atom. The summed E-state index contributed by atoms with van der Waals surface area (Å²) in [7, 11) is -1.74. The van der Waals surface area contributed by atoms with E-state index in [0.717, 1.165) is 10.1 Å². The number of aliphatic carboxylic acids is 1. The lowest BCUT2D eigenvalue weighted by Crippen LogP contribution is -2.46. The van der Waals surface area contributed by atoms with Crippen molar-refractivity contribution in [2.45, 2.75) is 23.8 Å². The van der Waals surface area contributed by atoms with Gasteiger partial charge >= 0.3 is 5.97 Å². The normalized spacial score (nSPS) is 17.6. The number of rotatable bonds is 5. The van der Waals surface area contributed by atoms with E-state index in [4.69, 9.17) is 5.11 Å². The zero-order chi connectivity index (χ0) is 17.3. The molecule has 1 aliphatic rings. The predicted octanol–water partition coefficient (Wildman–Crippen LogP) is 2.07. The molecule has 0 unspecified atom stereocenters. The van der Waals surface area contributed by atoms with E-state index in [-0.39, 0.29) is 12.6 Å². The largest absolute Gasteiger partial charge is 0.480 e.